The van der Waals surface area contributed by atoms with E-state index in [1.54, 1.807) is 0 Å². The van der Waals surface area contributed by atoms with Gasteiger partial charge in [-0.1, -0.05) is 105 Å². The van der Waals surface area contributed by atoms with Gasteiger partial charge in [-0.3, -0.25) is 0 Å². The molecule has 0 saturated heterocycles. The molecule has 0 radical (unpaired) electrons. The minimum absolute atomic E-state index is 0.0683. The lowest BCUT2D eigenvalue weighted by Gasteiger charge is -2.36. The summed E-state index contributed by atoms with van der Waals surface area (Å²) in [5, 5.41) is 32.7. The maximum absolute atomic E-state index is 11.0. The van der Waals surface area contributed by atoms with Gasteiger partial charge in [0.1, 0.15) is 0 Å². The van der Waals surface area contributed by atoms with E-state index in [0.717, 1.165) is 43.4 Å². The fraction of sp³-hybridized carbons (Fsp3) is 1.00. The van der Waals surface area contributed by atoms with Crippen LogP contribution >= 0.6 is 0 Å². The Hall–Kier alpha value is -0.120. The second-order valence-corrected chi connectivity index (χ2v) is 14.6. The summed E-state index contributed by atoms with van der Waals surface area (Å²) in [6.45, 7) is 8.95. The molecule has 0 bridgehead atoms. The molecule has 0 aromatic rings. The first-order chi connectivity index (χ1) is 17.2. The summed E-state index contributed by atoms with van der Waals surface area (Å²) in [5.41, 5.74) is 0.0683. The predicted molar refractivity (Wildman–Crippen MR) is 152 cm³/mol. The largest absolute Gasteiger partial charge is 0.393 e. The van der Waals surface area contributed by atoms with Crippen LogP contribution in [0.4, 0.5) is 0 Å². The molecule has 0 amide bonds. The molecule has 0 aliphatic heterocycles. The van der Waals surface area contributed by atoms with Crippen molar-refractivity contribution >= 4 is 0 Å². The van der Waals surface area contributed by atoms with E-state index in [9.17, 15) is 15.3 Å². The van der Waals surface area contributed by atoms with Crippen LogP contribution < -0.4 is 0 Å². The third-order valence-corrected chi connectivity index (χ3v) is 10.9. The molecule has 3 unspecified atom stereocenters. The van der Waals surface area contributed by atoms with Crippen molar-refractivity contribution in [3.05, 3.63) is 0 Å². The predicted octanol–water partition coefficient (Wildman–Crippen LogP) is 8.29. The highest BCUT2D eigenvalue weighted by molar-refractivity contribution is 4.85. The lowest BCUT2D eigenvalue weighted by Crippen LogP contribution is -2.36. The molecular formula is C33H62O3. The van der Waals surface area contributed by atoms with E-state index in [-0.39, 0.29) is 17.4 Å². The van der Waals surface area contributed by atoms with Gasteiger partial charge in [0.2, 0.25) is 0 Å². The summed E-state index contributed by atoms with van der Waals surface area (Å²) in [4.78, 5) is 0. The van der Waals surface area contributed by atoms with Gasteiger partial charge in [0.05, 0.1) is 18.3 Å². The van der Waals surface area contributed by atoms with Crippen LogP contribution in [-0.2, 0) is 0 Å². The minimum atomic E-state index is -0.640. The van der Waals surface area contributed by atoms with Crippen molar-refractivity contribution in [3.63, 3.8) is 0 Å². The molecule has 3 heteroatoms. The molecule has 3 rings (SSSR count). The first-order valence-corrected chi connectivity index (χ1v) is 16.2. The van der Waals surface area contributed by atoms with Crippen molar-refractivity contribution < 1.29 is 15.3 Å². The van der Waals surface area contributed by atoms with Gasteiger partial charge in [-0.05, 0) is 85.9 Å². The van der Waals surface area contributed by atoms with Gasteiger partial charge in [0.25, 0.3) is 0 Å². The number of hydrogen-bond acceptors (Lipinski definition) is 3. The third kappa shape index (κ3) is 9.88. The topological polar surface area (TPSA) is 60.7 Å². The van der Waals surface area contributed by atoms with E-state index in [4.69, 9.17) is 0 Å². The lowest BCUT2D eigenvalue weighted by atomic mass is 9.72. The van der Waals surface area contributed by atoms with Crippen molar-refractivity contribution in [2.45, 2.75) is 168 Å². The van der Waals surface area contributed by atoms with E-state index in [2.05, 4.69) is 27.7 Å². The maximum atomic E-state index is 11.0. The van der Waals surface area contributed by atoms with Crippen LogP contribution in [-0.4, -0.2) is 33.6 Å². The zero-order valence-corrected chi connectivity index (χ0v) is 24.5. The number of rotatable bonds is 13. The van der Waals surface area contributed by atoms with Crippen LogP contribution in [0.1, 0.15) is 150 Å². The quantitative estimate of drug-likeness (QED) is 0.235. The molecule has 4 atom stereocenters. The summed E-state index contributed by atoms with van der Waals surface area (Å²) in [6, 6.07) is 0. The third-order valence-electron chi connectivity index (χ3n) is 10.9. The molecule has 0 heterocycles. The Bertz CT molecular complexity index is 582. The highest BCUT2D eigenvalue weighted by Gasteiger charge is 2.33. The summed E-state index contributed by atoms with van der Waals surface area (Å²) in [7, 11) is 0. The Morgan fingerprint density at radius 1 is 0.722 bits per heavy atom. The van der Waals surface area contributed by atoms with E-state index in [0.29, 0.717) is 11.8 Å². The van der Waals surface area contributed by atoms with Crippen molar-refractivity contribution in [2.24, 2.45) is 40.9 Å². The Morgan fingerprint density at radius 2 is 1.28 bits per heavy atom. The van der Waals surface area contributed by atoms with Gasteiger partial charge >= 0.3 is 0 Å². The van der Waals surface area contributed by atoms with Gasteiger partial charge in [0.15, 0.2) is 0 Å². The minimum Gasteiger partial charge on any atom is -0.393 e. The summed E-state index contributed by atoms with van der Waals surface area (Å²) < 4.78 is 0. The second kappa shape index (κ2) is 14.9. The average molecular weight is 507 g/mol. The molecule has 3 aliphatic rings. The lowest BCUT2D eigenvalue weighted by molar-refractivity contribution is -0.0388. The molecule has 0 aromatic carbocycles. The second-order valence-electron chi connectivity index (χ2n) is 14.6. The van der Waals surface area contributed by atoms with Crippen LogP contribution in [0, 0.1) is 40.9 Å². The van der Waals surface area contributed by atoms with E-state index < -0.39 is 12.2 Å². The monoisotopic (exact) mass is 506 g/mol. The highest BCUT2D eigenvalue weighted by atomic mass is 16.3. The van der Waals surface area contributed by atoms with Crippen LogP contribution in [0.3, 0.4) is 0 Å². The van der Waals surface area contributed by atoms with Crippen molar-refractivity contribution in [2.75, 3.05) is 0 Å². The van der Waals surface area contributed by atoms with Crippen molar-refractivity contribution in [1.82, 2.24) is 0 Å². The first kappa shape index (κ1) is 30.4. The molecule has 3 N–H and O–H groups in total. The molecule has 3 saturated carbocycles. The average Bonchev–Trinajstić information content (AvgIpc) is 2.88. The summed E-state index contributed by atoms with van der Waals surface area (Å²) >= 11 is 0. The summed E-state index contributed by atoms with van der Waals surface area (Å²) in [5.74, 6) is 3.89. The summed E-state index contributed by atoms with van der Waals surface area (Å²) in [6.07, 6.45) is 22.1. The van der Waals surface area contributed by atoms with Gasteiger partial charge in [-0.2, -0.15) is 0 Å². The molecular weight excluding hydrogens is 444 g/mol. The Balaban J connectivity index is 1.33. The Kier molecular flexibility index (Phi) is 12.6. The fourth-order valence-electron chi connectivity index (χ4n) is 8.31. The van der Waals surface area contributed by atoms with E-state index >= 15 is 0 Å². The Morgan fingerprint density at radius 3 is 1.89 bits per heavy atom. The van der Waals surface area contributed by atoms with Crippen molar-refractivity contribution in [3.8, 4) is 0 Å². The smallest absolute Gasteiger partial charge is 0.0824 e. The fourth-order valence-corrected chi connectivity index (χ4v) is 8.31. The molecule has 3 nitrogen and oxygen atoms in total. The molecule has 0 aromatic heterocycles. The number of hydrogen-bond donors (Lipinski definition) is 3. The van der Waals surface area contributed by atoms with Gasteiger partial charge in [0, 0.05) is 0 Å². The number of aliphatic hydroxyl groups excluding tert-OH is 3. The molecule has 3 fully saturated rings. The highest BCUT2D eigenvalue weighted by Crippen LogP contribution is 2.40. The normalized spacial score (nSPS) is 32.1. The van der Waals surface area contributed by atoms with Gasteiger partial charge in [-0.15, -0.1) is 0 Å². The van der Waals surface area contributed by atoms with Gasteiger partial charge in [-0.25, -0.2) is 0 Å². The van der Waals surface area contributed by atoms with Crippen LogP contribution in [0.15, 0.2) is 0 Å². The zero-order valence-electron chi connectivity index (χ0n) is 24.5. The SMILES string of the molecule is CCC1CCC(C(O)CCC(C)(C)CC(C)C(O)[C@H](O)CC2CCC(CC3CCCCC3)CC2)CC1. The van der Waals surface area contributed by atoms with E-state index in [1.165, 1.54) is 96.3 Å². The molecule has 0 spiro atoms. The zero-order chi connectivity index (χ0) is 26.1. The molecule has 36 heavy (non-hydrogen) atoms. The van der Waals surface area contributed by atoms with Crippen LogP contribution in [0.2, 0.25) is 0 Å². The van der Waals surface area contributed by atoms with E-state index in [1.807, 2.05) is 0 Å². The maximum Gasteiger partial charge on any atom is 0.0824 e. The van der Waals surface area contributed by atoms with Crippen LogP contribution in [0.25, 0.3) is 0 Å². The molecule has 3 aliphatic carbocycles. The Labute approximate surface area is 224 Å². The first-order valence-electron chi connectivity index (χ1n) is 16.2. The van der Waals surface area contributed by atoms with Crippen LogP contribution in [0.5, 0.6) is 0 Å². The standard InChI is InChI=1S/C33H62O3/c1-5-25-15-17-29(18-16-25)30(34)19-20-33(3,4)23-24(2)32(36)31(35)22-28-13-11-27(12-14-28)21-26-9-7-6-8-10-26/h24-32,34-36H,5-23H2,1-4H3/t24?,25?,27?,28?,29?,30?,31-,32?/m1/s1. The van der Waals surface area contributed by atoms with Crippen molar-refractivity contribution in [1.29, 1.82) is 0 Å². The molecule has 212 valence electrons. The van der Waals surface area contributed by atoms with Gasteiger partial charge < -0.3 is 15.3 Å². The number of aliphatic hydroxyl groups is 3.